The van der Waals surface area contributed by atoms with Crippen LogP contribution in [-0.4, -0.2) is 9.55 Å². The highest BCUT2D eigenvalue weighted by atomic mass is 35.5. The number of hydrogen-bond donors (Lipinski definition) is 0. The van der Waals surface area contributed by atoms with Crippen molar-refractivity contribution in [2.45, 2.75) is 40.2 Å². The molecule has 1 rings (SSSR count). The first kappa shape index (κ1) is 10.6. The Morgan fingerprint density at radius 1 is 1.38 bits per heavy atom. The Hall–Kier alpha value is -0.500. The van der Waals surface area contributed by atoms with E-state index < -0.39 is 0 Å². The van der Waals surface area contributed by atoms with E-state index in [1.807, 2.05) is 0 Å². The highest BCUT2D eigenvalue weighted by molar-refractivity contribution is 6.29. The fourth-order valence-electron chi connectivity index (χ4n) is 1.44. The topological polar surface area (TPSA) is 17.8 Å². The number of imidazole rings is 1. The summed E-state index contributed by atoms with van der Waals surface area (Å²) in [6.45, 7) is 8.62. The van der Waals surface area contributed by atoms with Gasteiger partial charge in [-0.1, -0.05) is 25.4 Å². The summed E-state index contributed by atoms with van der Waals surface area (Å²) in [5.74, 6) is 1.71. The molecule has 0 bridgehead atoms. The van der Waals surface area contributed by atoms with E-state index in [2.05, 4.69) is 37.2 Å². The van der Waals surface area contributed by atoms with Crippen LogP contribution >= 0.6 is 11.6 Å². The Kier molecular flexibility index (Phi) is 3.37. The lowest BCUT2D eigenvalue weighted by Gasteiger charge is -2.13. The van der Waals surface area contributed by atoms with Gasteiger partial charge in [0.25, 0.3) is 0 Å². The first-order chi connectivity index (χ1) is 6.02. The van der Waals surface area contributed by atoms with E-state index in [0.29, 0.717) is 12.0 Å². The summed E-state index contributed by atoms with van der Waals surface area (Å²) in [5.41, 5.74) is 0. The molecule has 2 nitrogen and oxygen atoms in total. The van der Waals surface area contributed by atoms with Crippen LogP contribution in [0.15, 0.2) is 6.20 Å². The molecule has 1 aromatic rings. The number of hydrogen-bond acceptors (Lipinski definition) is 1. The molecule has 0 aliphatic heterocycles. The fourth-order valence-corrected chi connectivity index (χ4v) is 1.78. The Labute approximate surface area is 84.9 Å². The fraction of sp³-hybridized carbons (Fsp3) is 0.700. The summed E-state index contributed by atoms with van der Waals surface area (Å²) in [6.07, 6.45) is 2.73. The minimum Gasteiger partial charge on any atom is -0.317 e. The van der Waals surface area contributed by atoms with Crippen LogP contribution in [0.1, 0.15) is 39.6 Å². The van der Waals surface area contributed by atoms with E-state index in [1.165, 1.54) is 0 Å². The lowest BCUT2D eigenvalue weighted by molar-refractivity contribution is 0.530. The molecule has 0 radical (unpaired) electrons. The Balaban J connectivity index is 2.94. The molecule has 74 valence electrons. The van der Waals surface area contributed by atoms with Gasteiger partial charge in [0.15, 0.2) is 0 Å². The molecule has 3 heteroatoms. The summed E-state index contributed by atoms with van der Waals surface area (Å²) >= 11 is 6.02. The molecule has 0 fully saturated rings. The van der Waals surface area contributed by atoms with Gasteiger partial charge in [0.2, 0.25) is 0 Å². The molecular weight excluding hydrogens is 184 g/mol. The van der Waals surface area contributed by atoms with Gasteiger partial charge >= 0.3 is 0 Å². The number of aromatic nitrogens is 2. The van der Waals surface area contributed by atoms with E-state index in [0.717, 1.165) is 17.4 Å². The first-order valence-corrected chi connectivity index (χ1v) is 5.11. The summed E-state index contributed by atoms with van der Waals surface area (Å²) < 4.78 is 2.08. The van der Waals surface area contributed by atoms with Gasteiger partial charge < -0.3 is 4.57 Å². The van der Waals surface area contributed by atoms with Crippen LogP contribution in [0.2, 0.25) is 5.15 Å². The van der Waals surface area contributed by atoms with Gasteiger partial charge in [-0.25, -0.2) is 4.98 Å². The standard InChI is InChI=1S/C10H17ClN2/c1-7(2)5-10-12-6-9(11)13(10)8(3)4/h6-8H,5H2,1-4H3. The summed E-state index contributed by atoms with van der Waals surface area (Å²) in [7, 11) is 0. The molecule has 0 saturated heterocycles. The monoisotopic (exact) mass is 200 g/mol. The van der Waals surface area contributed by atoms with E-state index in [-0.39, 0.29) is 0 Å². The lowest BCUT2D eigenvalue weighted by atomic mass is 10.1. The molecule has 0 aliphatic rings. The number of halogens is 1. The third kappa shape index (κ3) is 2.47. The van der Waals surface area contributed by atoms with Crippen molar-refractivity contribution in [2.24, 2.45) is 5.92 Å². The van der Waals surface area contributed by atoms with E-state index in [1.54, 1.807) is 6.20 Å². The van der Waals surface area contributed by atoms with Crippen LogP contribution in [0.5, 0.6) is 0 Å². The molecule has 0 amide bonds. The minimum atomic E-state index is 0.392. The largest absolute Gasteiger partial charge is 0.317 e. The zero-order valence-corrected chi connectivity index (χ0v) is 9.47. The average molecular weight is 201 g/mol. The molecule has 0 aliphatic carbocycles. The lowest BCUT2D eigenvalue weighted by Crippen LogP contribution is -2.09. The minimum absolute atomic E-state index is 0.392. The van der Waals surface area contributed by atoms with Gasteiger partial charge in [0.05, 0.1) is 6.20 Å². The van der Waals surface area contributed by atoms with Crippen molar-refractivity contribution in [2.75, 3.05) is 0 Å². The van der Waals surface area contributed by atoms with Crippen molar-refractivity contribution in [3.63, 3.8) is 0 Å². The highest BCUT2D eigenvalue weighted by Gasteiger charge is 2.11. The molecule has 0 unspecified atom stereocenters. The maximum Gasteiger partial charge on any atom is 0.129 e. The average Bonchev–Trinajstić information content (AvgIpc) is 2.30. The summed E-state index contributed by atoms with van der Waals surface area (Å²) in [6, 6.07) is 0.392. The van der Waals surface area contributed by atoms with Gasteiger partial charge in [0, 0.05) is 12.5 Å². The Morgan fingerprint density at radius 3 is 2.46 bits per heavy atom. The molecule has 13 heavy (non-hydrogen) atoms. The maximum absolute atomic E-state index is 6.02. The quantitative estimate of drug-likeness (QED) is 0.732. The van der Waals surface area contributed by atoms with Crippen molar-refractivity contribution in [1.29, 1.82) is 0 Å². The molecular formula is C10H17ClN2. The number of rotatable bonds is 3. The third-order valence-electron chi connectivity index (χ3n) is 1.94. The second-order valence-electron chi connectivity index (χ2n) is 4.06. The van der Waals surface area contributed by atoms with Gasteiger partial charge in [-0.05, 0) is 19.8 Å². The SMILES string of the molecule is CC(C)Cc1ncc(Cl)n1C(C)C. The molecule has 0 N–H and O–H groups in total. The van der Waals surface area contributed by atoms with E-state index in [4.69, 9.17) is 11.6 Å². The van der Waals surface area contributed by atoms with Gasteiger partial charge in [-0.15, -0.1) is 0 Å². The zero-order valence-electron chi connectivity index (χ0n) is 8.71. The van der Waals surface area contributed by atoms with Crippen molar-refractivity contribution in [1.82, 2.24) is 9.55 Å². The van der Waals surface area contributed by atoms with Crippen molar-refractivity contribution in [3.05, 3.63) is 17.2 Å². The number of nitrogens with zero attached hydrogens (tertiary/aromatic N) is 2. The third-order valence-corrected chi connectivity index (χ3v) is 2.22. The highest BCUT2D eigenvalue weighted by Crippen LogP contribution is 2.19. The Morgan fingerprint density at radius 2 is 2.00 bits per heavy atom. The van der Waals surface area contributed by atoms with Crippen molar-refractivity contribution in [3.8, 4) is 0 Å². The predicted molar refractivity (Wildman–Crippen MR) is 56.2 cm³/mol. The maximum atomic E-state index is 6.02. The summed E-state index contributed by atoms with van der Waals surface area (Å²) in [5, 5.41) is 0.741. The van der Waals surface area contributed by atoms with Crippen LogP contribution in [0.25, 0.3) is 0 Å². The second-order valence-corrected chi connectivity index (χ2v) is 4.45. The van der Waals surface area contributed by atoms with Crippen molar-refractivity contribution >= 4 is 11.6 Å². The van der Waals surface area contributed by atoms with E-state index >= 15 is 0 Å². The van der Waals surface area contributed by atoms with Crippen molar-refractivity contribution < 1.29 is 0 Å². The molecule has 0 aromatic carbocycles. The zero-order chi connectivity index (χ0) is 10.0. The molecule has 1 heterocycles. The second kappa shape index (κ2) is 4.14. The van der Waals surface area contributed by atoms with Gasteiger partial charge in [-0.3, -0.25) is 0 Å². The molecule has 0 saturated carbocycles. The van der Waals surface area contributed by atoms with Crippen LogP contribution in [-0.2, 0) is 6.42 Å². The first-order valence-electron chi connectivity index (χ1n) is 4.74. The Bertz CT molecular complexity index is 276. The summed E-state index contributed by atoms with van der Waals surface area (Å²) in [4.78, 5) is 4.31. The van der Waals surface area contributed by atoms with Gasteiger partial charge in [0.1, 0.15) is 11.0 Å². The molecule has 0 atom stereocenters. The van der Waals surface area contributed by atoms with E-state index in [9.17, 15) is 0 Å². The van der Waals surface area contributed by atoms with Crippen LogP contribution in [0, 0.1) is 5.92 Å². The van der Waals surface area contributed by atoms with Crippen LogP contribution < -0.4 is 0 Å². The molecule has 0 spiro atoms. The van der Waals surface area contributed by atoms with Crippen LogP contribution in [0.4, 0.5) is 0 Å². The smallest absolute Gasteiger partial charge is 0.129 e. The van der Waals surface area contributed by atoms with Crippen LogP contribution in [0.3, 0.4) is 0 Å². The molecule has 1 aromatic heterocycles. The predicted octanol–water partition coefficient (Wildman–Crippen LogP) is 3.32. The normalized spacial score (nSPS) is 11.6. The van der Waals surface area contributed by atoms with Gasteiger partial charge in [-0.2, -0.15) is 0 Å².